The fourth-order valence-corrected chi connectivity index (χ4v) is 2.17. The topological polar surface area (TPSA) is 61.6 Å². The summed E-state index contributed by atoms with van der Waals surface area (Å²) in [5.41, 5.74) is 5.75. The molecule has 2 aliphatic rings. The van der Waals surface area contributed by atoms with Crippen LogP contribution in [-0.4, -0.2) is 67.6 Å². The minimum Gasteiger partial charge on any atom is -0.352 e. The van der Waals surface area contributed by atoms with Gasteiger partial charge in [0.15, 0.2) is 0 Å². The molecule has 1 atom stereocenters. The predicted molar refractivity (Wildman–Crippen MR) is 63.1 cm³/mol. The van der Waals surface area contributed by atoms with E-state index in [1.54, 1.807) is 0 Å². The Morgan fingerprint density at radius 2 is 2.19 bits per heavy atom. The van der Waals surface area contributed by atoms with E-state index in [9.17, 15) is 4.79 Å². The minimum absolute atomic E-state index is 0.158. The van der Waals surface area contributed by atoms with Gasteiger partial charge in [0.2, 0.25) is 5.91 Å². The Bertz CT molecular complexity index is 254. The van der Waals surface area contributed by atoms with Crippen LogP contribution in [0, 0.1) is 0 Å². The van der Waals surface area contributed by atoms with E-state index >= 15 is 0 Å². The standard InChI is InChI=1S/C11H22N4O/c1-14-4-5-15(10(6-12)7-14)8-11(16)13-9-2-3-9/h9-10H,2-8,12H2,1H3,(H,13,16). The van der Waals surface area contributed by atoms with Crippen molar-refractivity contribution in [2.24, 2.45) is 5.73 Å². The molecule has 5 nitrogen and oxygen atoms in total. The fraction of sp³-hybridized carbons (Fsp3) is 0.909. The maximum atomic E-state index is 11.7. The van der Waals surface area contributed by atoms with E-state index in [4.69, 9.17) is 5.73 Å². The van der Waals surface area contributed by atoms with Gasteiger partial charge in [-0.05, 0) is 19.9 Å². The molecule has 1 unspecified atom stereocenters. The van der Waals surface area contributed by atoms with Crippen LogP contribution in [0.5, 0.6) is 0 Å². The maximum Gasteiger partial charge on any atom is 0.234 e. The van der Waals surface area contributed by atoms with Crippen molar-refractivity contribution in [1.29, 1.82) is 0 Å². The van der Waals surface area contributed by atoms with Gasteiger partial charge in [-0.25, -0.2) is 0 Å². The summed E-state index contributed by atoms with van der Waals surface area (Å²) in [6, 6.07) is 0.778. The second-order valence-corrected chi connectivity index (χ2v) is 4.96. The van der Waals surface area contributed by atoms with Crippen LogP contribution in [0.15, 0.2) is 0 Å². The van der Waals surface area contributed by atoms with Gasteiger partial charge in [0.1, 0.15) is 0 Å². The van der Waals surface area contributed by atoms with Gasteiger partial charge in [0, 0.05) is 38.3 Å². The highest BCUT2D eigenvalue weighted by molar-refractivity contribution is 5.78. The SMILES string of the molecule is CN1CCN(CC(=O)NC2CC2)C(CN)C1. The molecule has 1 aliphatic heterocycles. The van der Waals surface area contributed by atoms with Crippen LogP contribution < -0.4 is 11.1 Å². The summed E-state index contributed by atoms with van der Waals surface area (Å²) in [5, 5.41) is 3.02. The quantitative estimate of drug-likeness (QED) is 0.635. The number of nitrogens with zero attached hydrogens (tertiary/aromatic N) is 2. The van der Waals surface area contributed by atoms with Crippen molar-refractivity contribution in [3.8, 4) is 0 Å². The number of rotatable bonds is 4. The first-order valence-electron chi connectivity index (χ1n) is 6.11. The van der Waals surface area contributed by atoms with E-state index in [-0.39, 0.29) is 5.91 Å². The number of piperazine rings is 1. The highest BCUT2D eigenvalue weighted by Crippen LogP contribution is 2.18. The number of nitrogens with one attached hydrogen (secondary N) is 1. The Hall–Kier alpha value is -0.650. The molecule has 3 N–H and O–H groups in total. The third-order valence-corrected chi connectivity index (χ3v) is 3.37. The lowest BCUT2D eigenvalue weighted by Crippen LogP contribution is -2.57. The van der Waals surface area contributed by atoms with Crippen molar-refractivity contribution in [2.75, 3.05) is 39.8 Å². The van der Waals surface area contributed by atoms with Crippen molar-refractivity contribution in [2.45, 2.75) is 24.9 Å². The lowest BCUT2D eigenvalue weighted by molar-refractivity contribution is -0.123. The molecular weight excluding hydrogens is 204 g/mol. The highest BCUT2D eigenvalue weighted by Gasteiger charge is 2.28. The molecule has 0 aromatic heterocycles. The summed E-state index contributed by atoms with van der Waals surface area (Å²) < 4.78 is 0. The normalized spacial score (nSPS) is 28.0. The van der Waals surface area contributed by atoms with Crippen LogP contribution in [0.25, 0.3) is 0 Å². The number of hydrogen-bond acceptors (Lipinski definition) is 4. The number of nitrogens with two attached hydrogens (primary N) is 1. The highest BCUT2D eigenvalue weighted by atomic mass is 16.2. The molecule has 0 spiro atoms. The average Bonchev–Trinajstić information content (AvgIpc) is 3.04. The Labute approximate surface area is 96.9 Å². The van der Waals surface area contributed by atoms with Gasteiger partial charge >= 0.3 is 0 Å². The van der Waals surface area contributed by atoms with Crippen molar-refractivity contribution in [1.82, 2.24) is 15.1 Å². The largest absolute Gasteiger partial charge is 0.352 e. The van der Waals surface area contributed by atoms with Gasteiger partial charge in [-0.2, -0.15) is 0 Å². The van der Waals surface area contributed by atoms with Gasteiger partial charge < -0.3 is 16.0 Å². The molecule has 92 valence electrons. The van der Waals surface area contributed by atoms with Gasteiger partial charge in [-0.15, -0.1) is 0 Å². The number of carbonyl (C=O) groups is 1. The molecule has 1 saturated carbocycles. The Morgan fingerprint density at radius 3 is 2.81 bits per heavy atom. The summed E-state index contributed by atoms with van der Waals surface area (Å²) >= 11 is 0. The third kappa shape index (κ3) is 3.17. The number of hydrogen-bond donors (Lipinski definition) is 2. The van der Waals surface area contributed by atoms with Crippen molar-refractivity contribution in [3.05, 3.63) is 0 Å². The molecule has 0 aromatic rings. The Kier molecular flexibility index (Phi) is 3.78. The fourth-order valence-electron chi connectivity index (χ4n) is 2.17. The van der Waals surface area contributed by atoms with Crippen LogP contribution >= 0.6 is 0 Å². The van der Waals surface area contributed by atoms with Gasteiger partial charge in [0.25, 0.3) is 0 Å². The first-order chi connectivity index (χ1) is 7.69. The second-order valence-electron chi connectivity index (χ2n) is 4.96. The molecule has 2 rings (SSSR count). The first-order valence-corrected chi connectivity index (χ1v) is 6.11. The molecular formula is C11H22N4O. The summed E-state index contributed by atoms with van der Waals surface area (Å²) in [5.74, 6) is 0.158. The van der Waals surface area contributed by atoms with E-state index in [1.807, 2.05) is 0 Å². The van der Waals surface area contributed by atoms with E-state index in [0.29, 0.717) is 25.2 Å². The predicted octanol–water partition coefficient (Wildman–Crippen LogP) is -1.16. The Morgan fingerprint density at radius 1 is 1.44 bits per heavy atom. The smallest absolute Gasteiger partial charge is 0.234 e. The van der Waals surface area contributed by atoms with E-state index in [1.165, 1.54) is 0 Å². The molecule has 1 saturated heterocycles. The molecule has 1 heterocycles. The number of likely N-dealkylation sites (N-methyl/N-ethyl adjacent to an activating group) is 1. The zero-order valence-electron chi connectivity index (χ0n) is 9.98. The van der Waals surface area contributed by atoms with Crippen LogP contribution in [0.1, 0.15) is 12.8 Å². The summed E-state index contributed by atoms with van der Waals surface area (Å²) in [6.07, 6.45) is 2.30. The monoisotopic (exact) mass is 226 g/mol. The molecule has 5 heteroatoms. The zero-order valence-corrected chi connectivity index (χ0v) is 9.98. The molecule has 0 bridgehead atoms. The molecule has 0 aromatic carbocycles. The van der Waals surface area contributed by atoms with Crippen molar-refractivity contribution < 1.29 is 4.79 Å². The minimum atomic E-state index is 0.158. The van der Waals surface area contributed by atoms with Gasteiger partial charge in [-0.1, -0.05) is 0 Å². The number of carbonyl (C=O) groups excluding carboxylic acids is 1. The van der Waals surface area contributed by atoms with Crippen LogP contribution in [0.2, 0.25) is 0 Å². The van der Waals surface area contributed by atoms with Gasteiger partial charge in [0.05, 0.1) is 6.54 Å². The lowest BCUT2D eigenvalue weighted by atomic mass is 10.1. The van der Waals surface area contributed by atoms with Crippen LogP contribution in [0.4, 0.5) is 0 Å². The van der Waals surface area contributed by atoms with Crippen molar-refractivity contribution in [3.63, 3.8) is 0 Å². The van der Waals surface area contributed by atoms with E-state index in [0.717, 1.165) is 32.5 Å². The third-order valence-electron chi connectivity index (χ3n) is 3.37. The summed E-state index contributed by atoms with van der Waals surface area (Å²) in [7, 11) is 2.10. The first kappa shape index (κ1) is 11.8. The maximum absolute atomic E-state index is 11.7. The van der Waals surface area contributed by atoms with E-state index in [2.05, 4.69) is 22.2 Å². The molecule has 1 amide bonds. The average molecular weight is 226 g/mol. The number of amides is 1. The van der Waals surface area contributed by atoms with Crippen LogP contribution in [0.3, 0.4) is 0 Å². The lowest BCUT2D eigenvalue weighted by Gasteiger charge is -2.39. The molecule has 0 radical (unpaired) electrons. The van der Waals surface area contributed by atoms with Crippen LogP contribution in [-0.2, 0) is 4.79 Å². The van der Waals surface area contributed by atoms with E-state index < -0.39 is 0 Å². The zero-order chi connectivity index (χ0) is 11.5. The summed E-state index contributed by atoms with van der Waals surface area (Å²) in [6.45, 7) is 4.06. The van der Waals surface area contributed by atoms with Gasteiger partial charge in [-0.3, -0.25) is 9.69 Å². The molecule has 2 fully saturated rings. The molecule has 1 aliphatic carbocycles. The molecule has 16 heavy (non-hydrogen) atoms. The second kappa shape index (κ2) is 5.12. The summed E-state index contributed by atoms with van der Waals surface area (Å²) in [4.78, 5) is 16.2. The Balaban J connectivity index is 1.79. The van der Waals surface area contributed by atoms with Crippen molar-refractivity contribution >= 4 is 5.91 Å².